The molecule has 0 amide bonds. The molecule has 0 unspecified atom stereocenters. The van der Waals surface area contributed by atoms with Gasteiger partial charge in [0.2, 0.25) is 0 Å². The van der Waals surface area contributed by atoms with Gasteiger partial charge in [0.15, 0.2) is 0 Å². The number of nitrogens with zero attached hydrogens (tertiary/aromatic N) is 5. The quantitative estimate of drug-likeness (QED) is 0.183. The molecule has 39 heavy (non-hydrogen) atoms. The van der Waals surface area contributed by atoms with E-state index < -0.39 is 0 Å². The molecule has 0 aliphatic rings. The monoisotopic (exact) mass is 499 g/mol. The maximum atomic E-state index is 5.04. The standard InChI is InChI=1S/C34H21N5/c1-2-10-27-25(9-1)30(26-18-17-23-8-7-20-36-31(23)33(26)37-27)22-13-15-24(16-14-22)32-34(28-11-3-5-19-35-28)39-21-6-4-12-29(39)38-32/h1-21H. The first-order chi connectivity index (χ1) is 19.3. The number of hydrogen-bond acceptors (Lipinski definition) is 4. The van der Waals surface area contributed by atoms with E-state index >= 15 is 0 Å². The average molecular weight is 500 g/mol. The summed E-state index contributed by atoms with van der Waals surface area (Å²) >= 11 is 0. The molecule has 0 bridgehead atoms. The van der Waals surface area contributed by atoms with Gasteiger partial charge in [-0.1, -0.05) is 72.8 Å². The molecule has 0 saturated heterocycles. The number of para-hydroxylation sites is 1. The molecule has 5 nitrogen and oxygen atoms in total. The molecule has 0 spiro atoms. The van der Waals surface area contributed by atoms with Gasteiger partial charge in [-0.2, -0.15) is 0 Å². The van der Waals surface area contributed by atoms with Crippen molar-refractivity contribution in [1.82, 2.24) is 24.3 Å². The lowest BCUT2D eigenvalue weighted by atomic mass is 9.94. The first kappa shape index (κ1) is 21.6. The SMILES string of the molecule is c1ccc(-c2c(-c3ccc(-c4c5ccccc5nc5c4ccc4cccnc45)cc3)nc3ccccn23)nc1. The summed E-state index contributed by atoms with van der Waals surface area (Å²) in [6.45, 7) is 0. The molecule has 5 aromatic heterocycles. The Morgan fingerprint density at radius 3 is 2.26 bits per heavy atom. The van der Waals surface area contributed by atoms with Crippen LogP contribution in [0.1, 0.15) is 0 Å². The summed E-state index contributed by atoms with van der Waals surface area (Å²) in [5.74, 6) is 0. The van der Waals surface area contributed by atoms with Crippen LogP contribution in [0.15, 0.2) is 128 Å². The van der Waals surface area contributed by atoms with Gasteiger partial charge in [-0.15, -0.1) is 0 Å². The van der Waals surface area contributed by atoms with Crippen molar-refractivity contribution < 1.29 is 0 Å². The molecule has 5 heterocycles. The van der Waals surface area contributed by atoms with Crippen molar-refractivity contribution >= 4 is 38.4 Å². The third kappa shape index (κ3) is 3.41. The van der Waals surface area contributed by atoms with Crippen molar-refractivity contribution in [2.45, 2.75) is 0 Å². The zero-order chi connectivity index (χ0) is 25.8. The zero-order valence-electron chi connectivity index (χ0n) is 20.9. The fourth-order valence-corrected chi connectivity index (χ4v) is 5.54. The number of aromatic nitrogens is 5. The van der Waals surface area contributed by atoms with Crippen molar-refractivity contribution in [2.24, 2.45) is 0 Å². The van der Waals surface area contributed by atoms with E-state index in [2.05, 4.69) is 75.0 Å². The van der Waals surface area contributed by atoms with Crippen LogP contribution in [0, 0.1) is 0 Å². The van der Waals surface area contributed by atoms with Gasteiger partial charge in [0.05, 0.1) is 33.6 Å². The van der Waals surface area contributed by atoms with Crippen molar-refractivity contribution in [3.8, 4) is 33.8 Å². The van der Waals surface area contributed by atoms with E-state index in [1.54, 1.807) is 0 Å². The lowest BCUT2D eigenvalue weighted by molar-refractivity contribution is 1.17. The molecule has 8 rings (SSSR count). The Morgan fingerprint density at radius 2 is 1.36 bits per heavy atom. The zero-order valence-corrected chi connectivity index (χ0v) is 20.9. The minimum atomic E-state index is 0.890. The molecule has 8 aromatic rings. The van der Waals surface area contributed by atoms with Gasteiger partial charge in [0.1, 0.15) is 5.65 Å². The van der Waals surface area contributed by atoms with E-state index in [-0.39, 0.29) is 0 Å². The van der Waals surface area contributed by atoms with Crippen LogP contribution >= 0.6 is 0 Å². The number of rotatable bonds is 3. The molecule has 0 N–H and O–H groups in total. The van der Waals surface area contributed by atoms with Gasteiger partial charge in [0.25, 0.3) is 0 Å². The summed E-state index contributed by atoms with van der Waals surface area (Å²) in [7, 11) is 0. The topological polar surface area (TPSA) is 56.0 Å². The number of hydrogen-bond donors (Lipinski definition) is 0. The molecule has 0 saturated carbocycles. The minimum absolute atomic E-state index is 0.890. The van der Waals surface area contributed by atoms with E-state index in [1.165, 1.54) is 0 Å². The molecule has 182 valence electrons. The fraction of sp³-hybridized carbons (Fsp3) is 0. The maximum Gasteiger partial charge on any atom is 0.137 e. The van der Waals surface area contributed by atoms with Crippen LogP contribution in [0.3, 0.4) is 0 Å². The largest absolute Gasteiger partial charge is 0.298 e. The third-order valence-electron chi connectivity index (χ3n) is 7.31. The van der Waals surface area contributed by atoms with Gasteiger partial charge < -0.3 is 0 Å². The molecule has 0 aliphatic heterocycles. The Balaban J connectivity index is 1.35. The number of imidazole rings is 1. The van der Waals surface area contributed by atoms with Gasteiger partial charge in [0, 0.05) is 45.9 Å². The van der Waals surface area contributed by atoms with Gasteiger partial charge >= 0.3 is 0 Å². The molecule has 0 radical (unpaired) electrons. The first-order valence-electron chi connectivity index (χ1n) is 12.9. The van der Waals surface area contributed by atoms with E-state index in [0.29, 0.717) is 0 Å². The van der Waals surface area contributed by atoms with Crippen LogP contribution < -0.4 is 0 Å². The van der Waals surface area contributed by atoms with Crippen molar-refractivity contribution in [3.05, 3.63) is 128 Å². The van der Waals surface area contributed by atoms with Crippen LogP contribution in [0.2, 0.25) is 0 Å². The number of fused-ring (bicyclic) bond motifs is 5. The Morgan fingerprint density at radius 1 is 0.538 bits per heavy atom. The van der Waals surface area contributed by atoms with E-state index in [0.717, 1.165) is 72.1 Å². The van der Waals surface area contributed by atoms with E-state index in [9.17, 15) is 0 Å². The normalized spacial score (nSPS) is 11.6. The van der Waals surface area contributed by atoms with Crippen LogP contribution in [0.4, 0.5) is 0 Å². The molecular formula is C34H21N5. The van der Waals surface area contributed by atoms with Gasteiger partial charge in [-0.25, -0.2) is 9.97 Å². The smallest absolute Gasteiger partial charge is 0.137 e. The number of benzene rings is 3. The Kier molecular flexibility index (Phi) is 4.76. The van der Waals surface area contributed by atoms with E-state index in [4.69, 9.17) is 9.97 Å². The second-order valence-electron chi connectivity index (χ2n) is 9.57. The molecule has 5 heteroatoms. The first-order valence-corrected chi connectivity index (χ1v) is 12.9. The second kappa shape index (κ2) is 8.57. The van der Waals surface area contributed by atoms with Crippen molar-refractivity contribution in [3.63, 3.8) is 0 Å². The Bertz CT molecular complexity index is 2160. The summed E-state index contributed by atoms with van der Waals surface area (Å²) in [4.78, 5) is 19.4. The van der Waals surface area contributed by atoms with Crippen LogP contribution in [-0.2, 0) is 0 Å². The highest BCUT2D eigenvalue weighted by molar-refractivity contribution is 6.15. The summed E-state index contributed by atoms with van der Waals surface area (Å²) < 4.78 is 2.10. The Hall–Kier alpha value is -5.42. The lowest BCUT2D eigenvalue weighted by Crippen LogP contribution is -1.92. The third-order valence-corrected chi connectivity index (χ3v) is 7.31. The maximum absolute atomic E-state index is 5.04. The molecule has 0 fully saturated rings. The van der Waals surface area contributed by atoms with E-state index in [1.807, 2.05) is 67.1 Å². The number of pyridine rings is 4. The average Bonchev–Trinajstić information content (AvgIpc) is 3.40. The van der Waals surface area contributed by atoms with Crippen molar-refractivity contribution in [1.29, 1.82) is 0 Å². The predicted octanol–water partition coefficient (Wildman–Crippen LogP) is 7.98. The van der Waals surface area contributed by atoms with Gasteiger partial charge in [-0.05, 0) is 42.0 Å². The summed E-state index contributed by atoms with van der Waals surface area (Å²) in [6, 6.07) is 37.4. The second-order valence-corrected chi connectivity index (χ2v) is 9.57. The molecule has 3 aromatic carbocycles. The summed E-state index contributed by atoms with van der Waals surface area (Å²) in [5, 5.41) is 3.30. The van der Waals surface area contributed by atoms with Crippen LogP contribution in [0.5, 0.6) is 0 Å². The summed E-state index contributed by atoms with van der Waals surface area (Å²) in [5.41, 5.74) is 9.80. The molecule has 0 aliphatic carbocycles. The minimum Gasteiger partial charge on any atom is -0.298 e. The van der Waals surface area contributed by atoms with Crippen LogP contribution in [0.25, 0.3) is 72.1 Å². The van der Waals surface area contributed by atoms with Gasteiger partial charge in [-0.3, -0.25) is 14.4 Å². The molecule has 0 atom stereocenters. The highest BCUT2D eigenvalue weighted by Crippen LogP contribution is 2.38. The van der Waals surface area contributed by atoms with Crippen molar-refractivity contribution in [2.75, 3.05) is 0 Å². The highest BCUT2D eigenvalue weighted by atomic mass is 15.0. The van der Waals surface area contributed by atoms with Crippen LogP contribution in [-0.4, -0.2) is 24.3 Å². The molecular weight excluding hydrogens is 478 g/mol. The Labute approximate surface area is 224 Å². The lowest BCUT2D eigenvalue weighted by Gasteiger charge is -2.13. The highest BCUT2D eigenvalue weighted by Gasteiger charge is 2.18. The fourth-order valence-electron chi connectivity index (χ4n) is 5.54. The predicted molar refractivity (Wildman–Crippen MR) is 157 cm³/mol. The summed E-state index contributed by atoms with van der Waals surface area (Å²) in [6.07, 6.45) is 5.70.